The average Bonchev–Trinajstić information content (AvgIpc) is 2.25. The van der Waals surface area contributed by atoms with Crippen molar-refractivity contribution in [1.82, 2.24) is 5.32 Å². The van der Waals surface area contributed by atoms with E-state index in [1.807, 2.05) is 6.07 Å². The van der Waals surface area contributed by atoms with Crippen LogP contribution in [0.2, 0.25) is 0 Å². The van der Waals surface area contributed by atoms with Crippen LogP contribution in [-0.4, -0.2) is 19.4 Å². The quantitative estimate of drug-likeness (QED) is 0.402. The van der Waals surface area contributed by atoms with E-state index in [2.05, 4.69) is 34.6 Å². The Morgan fingerprint density at radius 1 is 1.29 bits per heavy atom. The molecular weight excluding hydrogens is 174 g/mol. The Labute approximate surface area is 85.0 Å². The first-order chi connectivity index (χ1) is 6.93. The summed E-state index contributed by atoms with van der Waals surface area (Å²) in [6, 6.07) is 10.4. The molecule has 3 heteroatoms. The van der Waals surface area contributed by atoms with Crippen LogP contribution in [-0.2, 0) is 6.54 Å². The molecule has 0 saturated carbocycles. The molecule has 0 unspecified atom stereocenters. The molecule has 0 saturated heterocycles. The third-order valence-electron chi connectivity index (χ3n) is 1.92. The SMILES string of the molecule is NC=NCCCNCc1ccccc1. The van der Waals surface area contributed by atoms with E-state index in [-0.39, 0.29) is 0 Å². The Morgan fingerprint density at radius 3 is 2.79 bits per heavy atom. The lowest BCUT2D eigenvalue weighted by Crippen LogP contribution is -2.15. The fourth-order valence-electron chi connectivity index (χ4n) is 1.20. The third kappa shape index (κ3) is 4.62. The predicted octanol–water partition coefficient (Wildman–Crippen LogP) is 1.15. The van der Waals surface area contributed by atoms with Crippen molar-refractivity contribution in [1.29, 1.82) is 0 Å². The lowest BCUT2D eigenvalue weighted by molar-refractivity contribution is 0.656. The van der Waals surface area contributed by atoms with Gasteiger partial charge in [0.15, 0.2) is 0 Å². The standard InChI is InChI=1S/C11H17N3/c12-10-14-8-4-7-13-9-11-5-2-1-3-6-11/h1-3,5-6,10,13H,4,7-9H2,(H2,12,14). The van der Waals surface area contributed by atoms with E-state index in [0.717, 1.165) is 26.1 Å². The summed E-state index contributed by atoms with van der Waals surface area (Å²) in [5, 5.41) is 3.35. The minimum atomic E-state index is 0.804. The van der Waals surface area contributed by atoms with Crippen molar-refractivity contribution >= 4 is 6.34 Å². The number of nitrogens with two attached hydrogens (primary N) is 1. The highest BCUT2D eigenvalue weighted by Gasteiger charge is 1.89. The Kier molecular flexibility index (Phi) is 5.43. The minimum Gasteiger partial charge on any atom is -0.390 e. The molecule has 0 aliphatic heterocycles. The molecule has 0 fully saturated rings. The molecule has 14 heavy (non-hydrogen) atoms. The van der Waals surface area contributed by atoms with E-state index in [1.54, 1.807) is 0 Å². The first kappa shape index (κ1) is 10.7. The molecular formula is C11H17N3. The van der Waals surface area contributed by atoms with Gasteiger partial charge in [0.2, 0.25) is 0 Å². The molecule has 0 radical (unpaired) electrons. The number of nitrogens with one attached hydrogen (secondary N) is 1. The van der Waals surface area contributed by atoms with Gasteiger partial charge in [-0.25, -0.2) is 0 Å². The molecule has 1 aromatic carbocycles. The van der Waals surface area contributed by atoms with E-state index in [4.69, 9.17) is 5.73 Å². The highest BCUT2D eigenvalue weighted by molar-refractivity contribution is 5.50. The van der Waals surface area contributed by atoms with E-state index in [1.165, 1.54) is 11.9 Å². The Balaban J connectivity index is 2.05. The van der Waals surface area contributed by atoms with E-state index >= 15 is 0 Å². The number of nitrogens with zero attached hydrogens (tertiary/aromatic N) is 1. The number of aliphatic imine (C=N–C) groups is 1. The highest BCUT2D eigenvalue weighted by atomic mass is 14.9. The zero-order valence-corrected chi connectivity index (χ0v) is 8.32. The molecule has 0 amide bonds. The van der Waals surface area contributed by atoms with Crippen molar-refractivity contribution in [3.05, 3.63) is 35.9 Å². The summed E-state index contributed by atoms with van der Waals surface area (Å²) in [4.78, 5) is 3.93. The van der Waals surface area contributed by atoms with Crippen LogP contribution in [0.5, 0.6) is 0 Å². The van der Waals surface area contributed by atoms with E-state index in [0.29, 0.717) is 0 Å². The maximum Gasteiger partial charge on any atom is 0.0797 e. The second-order valence-corrected chi connectivity index (χ2v) is 3.07. The lowest BCUT2D eigenvalue weighted by atomic mass is 10.2. The molecule has 0 atom stereocenters. The van der Waals surface area contributed by atoms with Gasteiger partial charge in [0, 0.05) is 13.1 Å². The normalized spacial score (nSPS) is 10.9. The predicted molar refractivity (Wildman–Crippen MR) is 60.3 cm³/mol. The van der Waals surface area contributed by atoms with Crippen LogP contribution in [0, 0.1) is 0 Å². The summed E-state index contributed by atoms with van der Waals surface area (Å²) in [5.41, 5.74) is 6.44. The van der Waals surface area contributed by atoms with Gasteiger partial charge in [-0.1, -0.05) is 30.3 Å². The molecule has 3 N–H and O–H groups in total. The maximum atomic E-state index is 5.12. The molecule has 1 aromatic rings. The Morgan fingerprint density at radius 2 is 2.07 bits per heavy atom. The highest BCUT2D eigenvalue weighted by Crippen LogP contribution is 1.96. The summed E-state index contributed by atoms with van der Waals surface area (Å²) < 4.78 is 0. The maximum absolute atomic E-state index is 5.12. The first-order valence-electron chi connectivity index (χ1n) is 4.88. The van der Waals surface area contributed by atoms with Crippen molar-refractivity contribution in [2.24, 2.45) is 10.7 Å². The molecule has 0 aliphatic rings. The minimum absolute atomic E-state index is 0.804. The molecule has 0 aromatic heterocycles. The number of benzene rings is 1. The summed E-state index contributed by atoms with van der Waals surface area (Å²) in [6.45, 7) is 2.71. The van der Waals surface area contributed by atoms with Crippen LogP contribution >= 0.6 is 0 Å². The molecule has 0 aliphatic carbocycles. The molecule has 0 heterocycles. The Hall–Kier alpha value is -1.35. The van der Waals surface area contributed by atoms with Crippen molar-refractivity contribution in [2.45, 2.75) is 13.0 Å². The van der Waals surface area contributed by atoms with Crippen LogP contribution in [0.25, 0.3) is 0 Å². The molecule has 76 valence electrons. The summed E-state index contributed by atoms with van der Waals surface area (Å²) in [7, 11) is 0. The zero-order chi connectivity index (χ0) is 10.1. The van der Waals surface area contributed by atoms with Gasteiger partial charge in [0.25, 0.3) is 0 Å². The van der Waals surface area contributed by atoms with Gasteiger partial charge in [-0.15, -0.1) is 0 Å². The molecule has 3 nitrogen and oxygen atoms in total. The van der Waals surface area contributed by atoms with Crippen molar-refractivity contribution < 1.29 is 0 Å². The van der Waals surface area contributed by atoms with Gasteiger partial charge in [0.05, 0.1) is 6.34 Å². The lowest BCUT2D eigenvalue weighted by Gasteiger charge is -2.02. The van der Waals surface area contributed by atoms with Crippen LogP contribution < -0.4 is 11.1 Å². The smallest absolute Gasteiger partial charge is 0.0797 e. The third-order valence-corrected chi connectivity index (χ3v) is 1.92. The van der Waals surface area contributed by atoms with Crippen LogP contribution in [0.4, 0.5) is 0 Å². The first-order valence-corrected chi connectivity index (χ1v) is 4.88. The average molecular weight is 191 g/mol. The molecule has 0 spiro atoms. The van der Waals surface area contributed by atoms with Crippen LogP contribution in [0.3, 0.4) is 0 Å². The second kappa shape index (κ2) is 7.09. The molecule has 0 bridgehead atoms. The summed E-state index contributed by atoms with van der Waals surface area (Å²) in [6.07, 6.45) is 2.39. The van der Waals surface area contributed by atoms with Gasteiger partial charge < -0.3 is 11.1 Å². The Bertz CT molecular complexity index is 256. The zero-order valence-electron chi connectivity index (χ0n) is 8.32. The largest absolute Gasteiger partial charge is 0.390 e. The topological polar surface area (TPSA) is 50.4 Å². The number of hydrogen-bond acceptors (Lipinski definition) is 2. The number of hydrogen-bond donors (Lipinski definition) is 2. The van der Waals surface area contributed by atoms with Gasteiger partial charge in [-0.05, 0) is 18.5 Å². The van der Waals surface area contributed by atoms with Crippen molar-refractivity contribution in [2.75, 3.05) is 13.1 Å². The van der Waals surface area contributed by atoms with E-state index < -0.39 is 0 Å². The van der Waals surface area contributed by atoms with Crippen LogP contribution in [0.1, 0.15) is 12.0 Å². The van der Waals surface area contributed by atoms with Crippen molar-refractivity contribution in [3.8, 4) is 0 Å². The van der Waals surface area contributed by atoms with Gasteiger partial charge in [-0.3, -0.25) is 4.99 Å². The summed E-state index contributed by atoms with van der Waals surface area (Å²) >= 11 is 0. The second-order valence-electron chi connectivity index (χ2n) is 3.07. The van der Waals surface area contributed by atoms with Gasteiger partial charge in [0.1, 0.15) is 0 Å². The molecule has 1 rings (SSSR count). The van der Waals surface area contributed by atoms with Crippen molar-refractivity contribution in [3.63, 3.8) is 0 Å². The van der Waals surface area contributed by atoms with Gasteiger partial charge >= 0.3 is 0 Å². The fourth-order valence-corrected chi connectivity index (χ4v) is 1.20. The number of rotatable bonds is 6. The summed E-state index contributed by atoms with van der Waals surface area (Å²) in [5.74, 6) is 0. The monoisotopic (exact) mass is 191 g/mol. The van der Waals surface area contributed by atoms with E-state index in [9.17, 15) is 0 Å². The van der Waals surface area contributed by atoms with Crippen LogP contribution in [0.15, 0.2) is 35.3 Å². The fraction of sp³-hybridized carbons (Fsp3) is 0.364. The van der Waals surface area contributed by atoms with Gasteiger partial charge in [-0.2, -0.15) is 0 Å².